The van der Waals surface area contributed by atoms with E-state index in [2.05, 4.69) is 41.5 Å². The second-order valence-corrected chi connectivity index (χ2v) is 10.9. The van der Waals surface area contributed by atoms with Crippen LogP contribution in [0.5, 0.6) is 0 Å². The van der Waals surface area contributed by atoms with Crippen molar-refractivity contribution in [2.24, 2.45) is 11.3 Å². The van der Waals surface area contributed by atoms with Crippen molar-refractivity contribution in [3.63, 3.8) is 0 Å². The summed E-state index contributed by atoms with van der Waals surface area (Å²) in [5.74, 6) is 1.10. The second-order valence-electron chi connectivity index (χ2n) is 10.9. The van der Waals surface area contributed by atoms with Crippen LogP contribution < -0.4 is 5.56 Å². The van der Waals surface area contributed by atoms with Crippen LogP contribution in [-0.2, 0) is 11.3 Å². The highest BCUT2D eigenvalue weighted by molar-refractivity contribution is 5.78. The molecule has 3 rings (SSSR count). The number of rotatable bonds is 10. The molecule has 0 fully saturated rings. The number of carbonyl (C=O) groups is 1. The van der Waals surface area contributed by atoms with Crippen molar-refractivity contribution >= 4 is 16.8 Å². The van der Waals surface area contributed by atoms with Crippen LogP contribution in [0.25, 0.3) is 10.9 Å². The Morgan fingerprint density at radius 1 is 1.03 bits per heavy atom. The lowest BCUT2D eigenvalue weighted by atomic mass is 9.84. The number of aromatic nitrogens is 2. The first-order valence-corrected chi connectivity index (χ1v) is 13.0. The molecular weight excluding hydrogens is 434 g/mol. The van der Waals surface area contributed by atoms with Crippen LogP contribution in [0.3, 0.4) is 0 Å². The van der Waals surface area contributed by atoms with Crippen molar-refractivity contribution in [3.8, 4) is 0 Å². The molecule has 1 amide bonds. The summed E-state index contributed by atoms with van der Waals surface area (Å²) in [6.07, 6.45) is 3.04. The third-order valence-electron chi connectivity index (χ3n) is 6.40. The molecule has 188 valence electrons. The molecule has 2 atom stereocenters. The van der Waals surface area contributed by atoms with Crippen molar-refractivity contribution in [3.05, 3.63) is 76.3 Å². The summed E-state index contributed by atoms with van der Waals surface area (Å²) in [6, 6.07) is 17.2. The summed E-state index contributed by atoms with van der Waals surface area (Å²) in [7, 11) is 0. The van der Waals surface area contributed by atoms with Gasteiger partial charge in [-0.1, -0.05) is 84.0 Å². The number of carbonyl (C=O) groups excluding carboxylic acids is 1. The predicted octanol–water partition coefficient (Wildman–Crippen LogP) is 6.60. The zero-order valence-corrected chi connectivity index (χ0v) is 22.3. The number of fused-ring (bicyclic) bond motifs is 1. The highest BCUT2D eigenvalue weighted by Gasteiger charge is 2.29. The highest BCUT2D eigenvalue weighted by atomic mass is 16.2. The quantitative estimate of drug-likeness (QED) is 0.332. The number of amides is 1. The summed E-state index contributed by atoms with van der Waals surface area (Å²) in [5, 5.41) is 0.606. The normalized spacial score (nSPS) is 13.5. The first kappa shape index (κ1) is 26.7. The molecule has 0 radical (unpaired) electrons. The van der Waals surface area contributed by atoms with Gasteiger partial charge >= 0.3 is 0 Å². The molecule has 0 saturated heterocycles. The van der Waals surface area contributed by atoms with Crippen LogP contribution in [0.1, 0.15) is 84.7 Å². The molecule has 1 aromatic heterocycles. The van der Waals surface area contributed by atoms with E-state index in [-0.39, 0.29) is 28.8 Å². The van der Waals surface area contributed by atoms with E-state index in [9.17, 15) is 9.59 Å². The van der Waals surface area contributed by atoms with Crippen LogP contribution in [0, 0.1) is 11.3 Å². The van der Waals surface area contributed by atoms with Gasteiger partial charge in [-0.2, -0.15) is 0 Å². The minimum Gasteiger partial charge on any atom is -0.333 e. The molecule has 0 spiro atoms. The summed E-state index contributed by atoms with van der Waals surface area (Å²) >= 11 is 0. The highest BCUT2D eigenvalue weighted by Crippen LogP contribution is 2.29. The molecule has 0 bridgehead atoms. The van der Waals surface area contributed by atoms with E-state index in [1.165, 1.54) is 0 Å². The Hall–Kier alpha value is -2.95. The maximum absolute atomic E-state index is 13.7. The predicted molar refractivity (Wildman–Crippen MR) is 144 cm³/mol. The molecule has 5 nitrogen and oxygen atoms in total. The third kappa shape index (κ3) is 6.81. The Kier molecular flexibility index (Phi) is 8.87. The number of nitrogens with zero attached hydrogens (tertiary/aromatic N) is 3. The van der Waals surface area contributed by atoms with E-state index >= 15 is 0 Å². The van der Waals surface area contributed by atoms with E-state index in [0.717, 1.165) is 18.4 Å². The monoisotopic (exact) mass is 475 g/mol. The van der Waals surface area contributed by atoms with Crippen LogP contribution in [-0.4, -0.2) is 26.9 Å². The molecule has 2 aromatic carbocycles. The van der Waals surface area contributed by atoms with Crippen molar-refractivity contribution in [1.82, 2.24) is 14.5 Å². The van der Waals surface area contributed by atoms with Gasteiger partial charge in [0.15, 0.2) is 0 Å². The molecular formula is C30H41N3O2. The van der Waals surface area contributed by atoms with Crippen molar-refractivity contribution in [1.29, 1.82) is 0 Å². The first-order chi connectivity index (χ1) is 16.6. The van der Waals surface area contributed by atoms with Crippen molar-refractivity contribution < 1.29 is 4.79 Å². The standard InChI is InChI=1S/C30H41N3O2/c1-7-18-32(27(34)19-22(3)20-30(4,5)6)26(8-2)28-31-25-17-13-12-16-24(25)29(35)33(28)21-23-14-10-9-11-15-23/h9-17,22,26H,7-8,18-21H2,1-6H3. The maximum atomic E-state index is 13.7. The largest absolute Gasteiger partial charge is 0.333 e. The minimum absolute atomic E-state index is 0.0575. The SMILES string of the molecule is CCCN(C(=O)CC(C)CC(C)(C)C)C(CC)c1nc2ccccc2c(=O)n1Cc1ccccc1. The number of benzene rings is 2. The van der Waals surface area contributed by atoms with E-state index < -0.39 is 0 Å². The molecule has 5 heteroatoms. The van der Waals surface area contributed by atoms with Gasteiger partial charge in [-0.25, -0.2) is 4.98 Å². The zero-order valence-electron chi connectivity index (χ0n) is 22.3. The molecule has 0 aliphatic rings. The fraction of sp³-hybridized carbons (Fsp3) is 0.500. The molecule has 0 aliphatic carbocycles. The van der Waals surface area contributed by atoms with Gasteiger partial charge in [0.1, 0.15) is 5.82 Å². The first-order valence-electron chi connectivity index (χ1n) is 13.0. The molecule has 35 heavy (non-hydrogen) atoms. The van der Waals surface area contributed by atoms with Crippen LogP contribution in [0.15, 0.2) is 59.4 Å². The number of para-hydroxylation sites is 1. The third-order valence-corrected chi connectivity index (χ3v) is 6.40. The Balaban J connectivity index is 2.07. The summed E-state index contributed by atoms with van der Waals surface area (Å²) in [4.78, 5) is 34.3. The Morgan fingerprint density at radius 2 is 1.69 bits per heavy atom. The summed E-state index contributed by atoms with van der Waals surface area (Å²) in [5.41, 5.74) is 1.84. The zero-order chi connectivity index (χ0) is 25.6. The van der Waals surface area contributed by atoms with E-state index in [4.69, 9.17) is 4.98 Å². The Bertz CT molecular complexity index is 1180. The molecule has 2 unspecified atom stereocenters. The van der Waals surface area contributed by atoms with Gasteiger partial charge in [0, 0.05) is 13.0 Å². The lowest BCUT2D eigenvalue weighted by Crippen LogP contribution is -2.40. The van der Waals surface area contributed by atoms with Gasteiger partial charge in [0.05, 0.1) is 23.5 Å². The smallest absolute Gasteiger partial charge is 0.261 e. The molecule has 1 heterocycles. The Labute approximate surface area is 210 Å². The van der Waals surface area contributed by atoms with Crippen LogP contribution in [0.2, 0.25) is 0 Å². The van der Waals surface area contributed by atoms with E-state index in [1.54, 1.807) is 4.57 Å². The van der Waals surface area contributed by atoms with Gasteiger partial charge in [-0.05, 0) is 48.3 Å². The van der Waals surface area contributed by atoms with Crippen LogP contribution >= 0.6 is 0 Å². The number of hydrogen-bond acceptors (Lipinski definition) is 3. The lowest BCUT2D eigenvalue weighted by molar-refractivity contribution is -0.135. The summed E-state index contributed by atoms with van der Waals surface area (Å²) in [6.45, 7) is 14.1. The van der Waals surface area contributed by atoms with E-state index in [1.807, 2.05) is 59.5 Å². The van der Waals surface area contributed by atoms with Gasteiger partial charge in [0.25, 0.3) is 5.56 Å². The van der Waals surface area contributed by atoms with Gasteiger partial charge in [0.2, 0.25) is 5.91 Å². The molecule has 0 saturated carbocycles. The van der Waals surface area contributed by atoms with Gasteiger partial charge in [-0.3, -0.25) is 14.2 Å². The maximum Gasteiger partial charge on any atom is 0.261 e. The molecule has 3 aromatic rings. The molecule has 0 N–H and O–H groups in total. The average Bonchev–Trinajstić information content (AvgIpc) is 2.80. The van der Waals surface area contributed by atoms with Gasteiger partial charge < -0.3 is 4.90 Å². The molecule has 0 aliphatic heterocycles. The Morgan fingerprint density at radius 3 is 2.31 bits per heavy atom. The summed E-state index contributed by atoms with van der Waals surface area (Å²) < 4.78 is 1.78. The lowest BCUT2D eigenvalue weighted by Gasteiger charge is -2.33. The minimum atomic E-state index is -0.259. The number of hydrogen-bond donors (Lipinski definition) is 0. The van der Waals surface area contributed by atoms with Crippen LogP contribution in [0.4, 0.5) is 0 Å². The fourth-order valence-electron chi connectivity index (χ4n) is 5.13. The average molecular weight is 476 g/mol. The fourth-order valence-corrected chi connectivity index (χ4v) is 5.13. The van der Waals surface area contributed by atoms with E-state index in [0.29, 0.717) is 42.7 Å². The topological polar surface area (TPSA) is 55.2 Å². The second kappa shape index (κ2) is 11.7. The van der Waals surface area contributed by atoms with Crippen molar-refractivity contribution in [2.45, 2.75) is 79.8 Å². The van der Waals surface area contributed by atoms with Gasteiger partial charge in [-0.15, -0.1) is 0 Å². The van der Waals surface area contributed by atoms with Crippen molar-refractivity contribution in [2.75, 3.05) is 6.54 Å².